The molecule has 0 heterocycles. The average Bonchev–Trinajstić information content (AvgIpc) is 2.61. The highest BCUT2D eigenvalue weighted by Crippen LogP contribution is 2.12. The first-order valence-electron chi connectivity index (χ1n) is 7.39. The summed E-state index contributed by atoms with van der Waals surface area (Å²) in [5.74, 6) is -0.824. The monoisotopic (exact) mass is 307 g/mol. The normalized spacial score (nSPS) is 11.3. The largest absolute Gasteiger partial charge is 0.451 e. The first kappa shape index (κ1) is 16.4. The maximum Gasteiger partial charge on any atom is 0.338 e. The molecular formula is C19H17NO3. The van der Waals surface area contributed by atoms with Crippen molar-refractivity contribution in [3.05, 3.63) is 70.8 Å². The van der Waals surface area contributed by atoms with Gasteiger partial charge in [-0.3, -0.25) is 4.79 Å². The van der Waals surface area contributed by atoms with Gasteiger partial charge in [-0.25, -0.2) is 4.79 Å². The topological polar surface area (TPSA) is 67.2 Å². The number of rotatable bonds is 5. The van der Waals surface area contributed by atoms with Crippen LogP contribution in [0, 0.1) is 11.3 Å². The molecule has 116 valence electrons. The van der Waals surface area contributed by atoms with Crippen LogP contribution in [0.25, 0.3) is 0 Å². The zero-order valence-corrected chi connectivity index (χ0v) is 13.1. The molecule has 0 spiro atoms. The fourth-order valence-electron chi connectivity index (χ4n) is 2.10. The smallest absolute Gasteiger partial charge is 0.338 e. The van der Waals surface area contributed by atoms with E-state index in [4.69, 9.17) is 10.00 Å². The predicted octanol–water partition coefficient (Wildman–Crippen LogP) is 3.55. The molecule has 0 N–H and O–H groups in total. The van der Waals surface area contributed by atoms with Crippen molar-refractivity contribution >= 4 is 11.8 Å². The van der Waals surface area contributed by atoms with Crippen molar-refractivity contribution < 1.29 is 14.3 Å². The Labute approximate surface area is 135 Å². The van der Waals surface area contributed by atoms with Crippen molar-refractivity contribution in [2.24, 2.45) is 0 Å². The van der Waals surface area contributed by atoms with Gasteiger partial charge < -0.3 is 4.74 Å². The number of carbonyl (C=O) groups excluding carboxylic acids is 2. The van der Waals surface area contributed by atoms with Gasteiger partial charge in [0.1, 0.15) is 0 Å². The number of esters is 1. The van der Waals surface area contributed by atoms with E-state index >= 15 is 0 Å². The Morgan fingerprint density at radius 3 is 2.13 bits per heavy atom. The third-order valence-electron chi connectivity index (χ3n) is 3.55. The summed E-state index contributed by atoms with van der Waals surface area (Å²) in [4.78, 5) is 24.3. The Morgan fingerprint density at radius 1 is 1.04 bits per heavy atom. The highest BCUT2D eigenvalue weighted by molar-refractivity contribution is 6.01. The lowest BCUT2D eigenvalue weighted by Gasteiger charge is -2.12. The number of ketones is 1. The molecule has 0 aliphatic rings. The number of Topliss-reactive ketones (excluding diaryl/α,β-unsaturated/α-hetero) is 1. The van der Waals surface area contributed by atoms with E-state index in [1.807, 2.05) is 25.1 Å². The SMILES string of the molecule is CCc1ccc(C(=O)C(C)OC(=O)c2ccc(C#N)cc2)cc1. The third kappa shape index (κ3) is 4.04. The summed E-state index contributed by atoms with van der Waals surface area (Å²) in [6.45, 7) is 3.59. The molecule has 4 heteroatoms. The molecule has 0 radical (unpaired) electrons. The van der Waals surface area contributed by atoms with Gasteiger partial charge in [0.25, 0.3) is 0 Å². The zero-order chi connectivity index (χ0) is 16.8. The van der Waals surface area contributed by atoms with Gasteiger partial charge >= 0.3 is 5.97 Å². The van der Waals surface area contributed by atoms with Gasteiger partial charge in [0, 0.05) is 5.56 Å². The van der Waals surface area contributed by atoms with Crippen LogP contribution in [0.4, 0.5) is 0 Å². The molecule has 1 unspecified atom stereocenters. The van der Waals surface area contributed by atoms with Crippen LogP contribution in [0.15, 0.2) is 48.5 Å². The summed E-state index contributed by atoms with van der Waals surface area (Å²) >= 11 is 0. The highest BCUT2D eigenvalue weighted by atomic mass is 16.5. The van der Waals surface area contributed by atoms with E-state index < -0.39 is 12.1 Å². The molecule has 0 saturated heterocycles. The Balaban J connectivity index is 2.04. The Bertz CT molecular complexity index is 740. The van der Waals surface area contributed by atoms with Crippen LogP contribution < -0.4 is 0 Å². The second-order valence-electron chi connectivity index (χ2n) is 5.15. The van der Waals surface area contributed by atoms with E-state index in [0.29, 0.717) is 16.7 Å². The third-order valence-corrected chi connectivity index (χ3v) is 3.55. The zero-order valence-electron chi connectivity index (χ0n) is 13.1. The molecule has 0 fully saturated rings. The van der Waals surface area contributed by atoms with Crippen LogP contribution in [0.5, 0.6) is 0 Å². The van der Waals surface area contributed by atoms with E-state index in [9.17, 15) is 9.59 Å². The van der Waals surface area contributed by atoms with E-state index in [1.54, 1.807) is 19.1 Å². The molecule has 2 aromatic rings. The second kappa shape index (κ2) is 7.37. The molecule has 2 rings (SSSR count). The number of benzene rings is 2. The second-order valence-corrected chi connectivity index (χ2v) is 5.15. The number of ether oxygens (including phenoxy) is 1. The van der Waals surface area contributed by atoms with Gasteiger partial charge in [0.05, 0.1) is 17.2 Å². The molecule has 0 aliphatic carbocycles. The number of nitriles is 1. The van der Waals surface area contributed by atoms with Crippen molar-refractivity contribution in [3.63, 3.8) is 0 Å². The van der Waals surface area contributed by atoms with Crippen LogP contribution in [0.2, 0.25) is 0 Å². The Hall–Kier alpha value is -2.93. The average molecular weight is 307 g/mol. The number of nitrogens with zero attached hydrogens (tertiary/aromatic N) is 1. The van der Waals surface area contributed by atoms with Gasteiger partial charge in [0.15, 0.2) is 6.10 Å². The summed E-state index contributed by atoms with van der Waals surface area (Å²) in [5, 5.41) is 8.74. The lowest BCUT2D eigenvalue weighted by atomic mass is 10.0. The van der Waals surface area contributed by atoms with Crippen molar-refractivity contribution in [1.82, 2.24) is 0 Å². The molecular weight excluding hydrogens is 290 g/mol. The van der Waals surface area contributed by atoms with Crippen LogP contribution in [-0.4, -0.2) is 17.9 Å². The van der Waals surface area contributed by atoms with Crippen LogP contribution in [0.1, 0.15) is 45.7 Å². The minimum atomic E-state index is -0.870. The minimum Gasteiger partial charge on any atom is -0.451 e. The standard InChI is InChI=1S/C19H17NO3/c1-3-14-4-8-16(9-5-14)18(21)13(2)23-19(22)17-10-6-15(12-20)7-11-17/h4-11,13H,3H2,1-2H3. The maximum absolute atomic E-state index is 12.3. The molecule has 4 nitrogen and oxygen atoms in total. The number of hydrogen-bond donors (Lipinski definition) is 0. The van der Waals surface area contributed by atoms with Crippen molar-refractivity contribution in [2.45, 2.75) is 26.4 Å². The van der Waals surface area contributed by atoms with Crippen molar-refractivity contribution in [1.29, 1.82) is 5.26 Å². The van der Waals surface area contributed by atoms with Crippen LogP contribution >= 0.6 is 0 Å². The van der Waals surface area contributed by atoms with Gasteiger partial charge in [-0.05, 0) is 43.2 Å². The molecule has 0 aliphatic heterocycles. The van der Waals surface area contributed by atoms with Crippen molar-refractivity contribution in [3.8, 4) is 6.07 Å². The Kier molecular flexibility index (Phi) is 5.27. The fraction of sp³-hybridized carbons (Fsp3) is 0.211. The molecule has 23 heavy (non-hydrogen) atoms. The summed E-state index contributed by atoms with van der Waals surface area (Å²) < 4.78 is 5.21. The summed E-state index contributed by atoms with van der Waals surface area (Å²) in [6, 6.07) is 15.3. The van der Waals surface area contributed by atoms with E-state index in [0.717, 1.165) is 12.0 Å². The first-order valence-corrected chi connectivity index (χ1v) is 7.39. The summed E-state index contributed by atoms with van der Waals surface area (Å²) in [6.07, 6.45) is 0.0307. The van der Waals surface area contributed by atoms with Crippen molar-refractivity contribution in [2.75, 3.05) is 0 Å². The molecule has 1 atom stereocenters. The molecule has 0 bridgehead atoms. The van der Waals surface area contributed by atoms with Crippen LogP contribution in [-0.2, 0) is 11.2 Å². The number of hydrogen-bond acceptors (Lipinski definition) is 4. The molecule has 0 aromatic heterocycles. The predicted molar refractivity (Wildman–Crippen MR) is 86.2 cm³/mol. The molecule has 0 saturated carbocycles. The van der Waals surface area contributed by atoms with Gasteiger partial charge in [0.2, 0.25) is 5.78 Å². The minimum absolute atomic E-state index is 0.241. The van der Waals surface area contributed by atoms with Crippen LogP contribution in [0.3, 0.4) is 0 Å². The van der Waals surface area contributed by atoms with Gasteiger partial charge in [-0.1, -0.05) is 31.2 Å². The quantitative estimate of drug-likeness (QED) is 0.626. The lowest BCUT2D eigenvalue weighted by molar-refractivity contribution is 0.0319. The number of carbonyl (C=O) groups is 2. The van der Waals surface area contributed by atoms with Gasteiger partial charge in [-0.15, -0.1) is 0 Å². The Morgan fingerprint density at radius 2 is 1.61 bits per heavy atom. The number of aryl methyl sites for hydroxylation is 1. The summed E-state index contributed by atoms with van der Waals surface area (Å²) in [7, 11) is 0. The first-order chi connectivity index (χ1) is 11.0. The maximum atomic E-state index is 12.3. The molecule has 0 amide bonds. The van der Waals surface area contributed by atoms with Gasteiger partial charge in [-0.2, -0.15) is 5.26 Å². The fourth-order valence-corrected chi connectivity index (χ4v) is 2.10. The van der Waals surface area contributed by atoms with E-state index in [2.05, 4.69) is 0 Å². The lowest BCUT2D eigenvalue weighted by Crippen LogP contribution is -2.24. The highest BCUT2D eigenvalue weighted by Gasteiger charge is 2.20. The summed E-state index contributed by atoms with van der Waals surface area (Å²) in [5.41, 5.74) is 2.43. The van der Waals surface area contributed by atoms with E-state index in [-0.39, 0.29) is 5.78 Å². The molecule has 2 aromatic carbocycles. The van der Waals surface area contributed by atoms with E-state index in [1.165, 1.54) is 24.3 Å².